The second kappa shape index (κ2) is 10.9. The summed E-state index contributed by atoms with van der Waals surface area (Å²) in [6, 6.07) is 13.8. The third-order valence-electron chi connectivity index (χ3n) is 3.98. The minimum absolute atomic E-state index is 0.254. The van der Waals surface area contributed by atoms with Gasteiger partial charge in [-0.25, -0.2) is 0 Å². The molecule has 0 aliphatic carbocycles. The summed E-state index contributed by atoms with van der Waals surface area (Å²) in [5, 5.41) is 5.58. The average Bonchev–Trinajstić information content (AvgIpc) is 2.72. The molecule has 0 aromatic heterocycles. The van der Waals surface area contributed by atoms with Crippen molar-refractivity contribution in [3.63, 3.8) is 0 Å². The zero-order valence-corrected chi connectivity index (χ0v) is 16.4. The molecule has 2 aromatic rings. The van der Waals surface area contributed by atoms with Crippen LogP contribution in [0.4, 0.5) is 5.69 Å². The molecule has 28 heavy (non-hydrogen) atoms. The van der Waals surface area contributed by atoms with E-state index in [0.717, 1.165) is 0 Å². The second-order valence-corrected chi connectivity index (χ2v) is 6.07. The first-order chi connectivity index (χ1) is 13.5. The average molecular weight is 386 g/mol. The van der Waals surface area contributed by atoms with Crippen LogP contribution in [0.5, 0.6) is 11.5 Å². The molecule has 1 atom stereocenters. The van der Waals surface area contributed by atoms with E-state index < -0.39 is 6.10 Å². The van der Waals surface area contributed by atoms with Crippen LogP contribution in [0, 0.1) is 0 Å². The molecule has 2 N–H and O–H groups in total. The highest BCUT2D eigenvalue weighted by Crippen LogP contribution is 2.19. The molecule has 0 spiro atoms. The lowest BCUT2D eigenvalue weighted by molar-refractivity contribution is -0.122. The van der Waals surface area contributed by atoms with E-state index in [1.54, 1.807) is 69.7 Å². The van der Waals surface area contributed by atoms with Gasteiger partial charge >= 0.3 is 0 Å². The standard InChI is InChI=1S/C21H26N2O5/c1-15(28-17-11-9-16(27-3)10-12-17)20(24)23-19-8-5-4-7-18(19)21(25)22-13-6-14-26-2/h4-5,7-12,15H,6,13-14H2,1-3H3,(H,22,25)(H,23,24). The molecule has 7 nitrogen and oxygen atoms in total. The third-order valence-corrected chi connectivity index (χ3v) is 3.98. The van der Waals surface area contributed by atoms with Gasteiger partial charge in [0.25, 0.3) is 11.8 Å². The van der Waals surface area contributed by atoms with Gasteiger partial charge in [0.2, 0.25) is 0 Å². The Morgan fingerprint density at radius 1 is 1.00 bits per heavy atom. The second-order valence-electron chi connectivity index (χ2n) is 6.07. The molecule has 0 saturated carbocycles. The summed E-state index contributed by atoms with van der Waals surface area (Å²) in [5.74, 6) is 0.647. The molecule has 0 bridgehead atoms. The van der Waals surface area contributed by atoms with E-state index in [4.69, 9.17) is 14.2 Å². The van der Waals surface area contributed by atoms with Crippen LogP contribution in [-0.4, -0.2) is 45.3 Å². The van der Waals surface area contributed by atoms with Crippen LogP contribution < -0.4 is 20.1 Å². The Kier molecular flexibility index (Phi) is 8.30. The van der Waals surface area contributed by atoms with Crippen molar-refractivity contribution in [1.82, 2.24) is 5.32 Å². The molecule has 2 aromatic carbocycles. The van der Waals surface area contributed by atoms with Gasteiger partial charge < -0.3 is 24.8 Å². The lowest BCUT2D eigenvalue weighted by Gasteiger charge is -2.16. The lowest BCUT2D eigenvalue weighted by Crippen LogP contribution is -2.32. The molecular formula is C21H26N2O5. The van der Waals surface area contributed by atoms with Crippen molar-refractivity contribution in [2.45, 2.75) is 19.4 Å². The Morgan fingerprint density at radius 3 is 2.36 bits per heavy atom. The molecule has 0 radical (unpaired) electrons. The van der Waals surface area contributed by atoms with Crippen molar-refractivity contribution in [3.8, 4) is 11.5 Å². The van der Waals surface area contributed by atoms with Crippen LogP contribution in [0.15, 0.2) is 48.5 Å². The molecule has 2 amide bonds. The Bertz CT molecular complexity index is 777. The predicted octanol–water partition coefficient (Wildman–Crippen LogP) is 2.87. The van der Waals surface area contributed by atoms with Gasteiger partial charge in [-0.05, 0) is 49.7 Å². The maximum atomic E-state index is 12.5. The van der Waals surface area contributed by atoms with E-state index in [-0.39, 0.29) is 11.8 Å². The molecular weight excluding hydrogens is 360 g/mol. The van der Waals surface area contributed by atoms with Crippen LogP contribution in [0.2, 0.25) is 0 Å². The van der Waals surface area contributed by atoms with E-state index >= 15 is 0 Å². The zero-order chi connectivity index (χ0) is 20.4. The largest absolute Gasteiger partial charge is 0.497 e. The van der Waals surface area contributed by atoms with Gasteiger partial charge in [0.1, 0.15) is 11.5 Å². The number of hydrogen-bond donors (Lipinski definition) is 2. The Balaban J connectivity index is 1.97. The highest BCUT2D eigenvalue weighted by Gasteiger charge is 2.18. The number of carbonyl (C=O) groups is 2. The van der Waals surface area contributed by atoms with E-state index in [1.807, 2.05) is 0 Å². The Labute approximate surface area is 165 Å². The molecule has 150 valence electrons. The number of hydrogen-bond acceptors (Lipinski definition) is 5. The molecule has 7 heteroatoms. The number of benzene rings is 2. The Morgan fingerprint density at radius 2 is 1.68 bits per heavy atom. The number of amides is 2. The summed E-state index contributed by atoms with van der Waals surface area (Å²) in [6.45, 7) is 2.71. The van der Waals surface area contributed by atoms with Crippen LogP contribution in [0.1, 0.15) is 23.7 Å². The number of nitrogens with one attached hydrogen (secondary N) is 2. The normalized spacial score (nSPS) is 11.4. The fraction of sp³-hybridized carbons (Fsp3) is 0.333. The number of rotatable bonds is 10. The van der Waals surface area contributed by atoms with Gasteiger partial charge in [0, 0.05) is 20.3 Å². The summed E-state index contributed by atoms with van der Waals surface area (Å²) in [7, 11) is 3.19. The van der Waals surface area contributed by atoms with Gasteiger partial charge in [-0.2, -0.15) is 0 Å². The summed E-state index contributed by atoms with van der Waals surface area (Å²) in [4.78, 5) is 24.9. The summed E-state index contributed by atoms with van der Waals surface area (Å²) < 4.78 is 15.7. The first kappa shape index (κ1) is 21.2. The monoisotopic (exact) mass is 386 g/mol. The zero-order valence-electron chi connectivity index (χ0n) is 16.4. The van der Waals surface area contributed by atoms with Gasteiger partial charge in [0.05, 0.1) is 18.4 Å². The molecule has 0 fully saturated rings. The predicted molar refractivity (Wildman–Crippen MR) is 107 cm³/mol. The summed E-state index contributed by atoms with van der Waals surface area (Å²) >= 11 is 0. The lowest BCUT2D eigenvalue weighted by atomic mass is 10.1. The molecule has 0 aliphatic rings. The van der Waals surface area contributed by atoms with E-state index in [9.17, 15) is 9.59 Å². The highest BCUT2D eigenvalue weighted by atomic mass is 16.5. The Hall–Kier alpha value is -3.06. The van der Waals surface area contributed by atoms with Gasteiger partial charge in [-0.15, -0.1) is 0 Å². The van der Waals surface area contributed by atoms with Crippen LogP contribution >= 0.6 is 0 Å². The maximum absolute atomic E-state index is 12.5. The van der Waals surface area contributed by atoms with Crippen molar-refractivity contribution in [2.24, 2.45) is 0 Å². The van der Waals surface area contributed by atoms with Crippen molar-refractivity contribution in [1.29, 1.82) is 0 Å². The smallest absolute Gasteiger partial charge is 0.265 e. The van der Waals surface area contributed by atoms with E-state index in [2.05, 4.69) is 10.6 Å². The van der Waals surface area contributed by atoms with Crippen LogP contribution in [0.3, 0.4) is 0 Å². The highest BCUT2D eigenvalue weighted by molar-refractivity contribution is 6.04. The van der Waals surface area contributed by atoms with Crippen LogP contribution in [0.25, 0.3) is 0 Å². The fourth-order valence-electron chi connectivity index (χ4n) is 2.45. The summed E-state index contributed by atoms with van der Waals surface area (Å²) in [5.41, 5.74) is 0.826. The minimum Gasteiger partial charge on any atom is -0.497 e. The van der Waals surface area contributed by atoms with Crippen molar-refractivity contribution in [3.05, 3.63) is 54.1 Å². The number of anilines is 1. The van der Waals surface area contributed by atoms with Gasteiger partial charge in [-0.3, -0.25) is 9.59 Å². The molecule has 1 unspecified atom stereocenters. The van der Waals surface area contributed by atoms with Gasteiger partial charge in [-0.1, -0.05) is 12.1 Å². The molecule has 0 heterocycles. The quantitative estimate of drug-likeness (QED) is 0.613. The number of methoxy groups -OCH3 is 2. The topological polar surface area (TPSA) is 85.9 Å². The van der Waals surface area contributed by atoms with Crippen molar-refractivity contribution < 1.29 is 23.8 Å². The van der Waals surface area contributed by atoms with E-state index in [0.29, 0.717) is 42.3 Å². The van der Waals surface area contributed by atoms with Crippen molar-refractivity contribution >= 4 is 17.5 Å². The van der Waals surface area contributed by atoms with Crippen LogP contribution in [-0.2, 0) is 9.53 Å². The minimum atomic E-state index is -0.744. The first-order valence-corrected chi connectivity index (χ1v) is 9.03. The van der Waals surface area contributed by atoms with E-state index in [1.165, 1.54) is 0 Å². The third kappa shape index (κ3) is 6.28. The van der Waals surface area contributed by atoms with Gasteiger partial charge in [0.15, 0.2) is 6.10 Å². The number of para-hydroxylation sites is 1. The maximum Gasteiger partial charge on any atom is 0.265 e. The molecule has 0 aliphatic heterocycles. The number of ether oxygens (including phenoxy) is 3. The fourth-order valence-corrected chi connectivity index (χ4v) is 2.45. The molecule has 2 rings (SSSR count). The summed E-state index contributed by atoms with van der Waals surface area (Å²) in [6.07, 6.45) is -0.0324. The van der Waals surface area contributed by atoms with Crippen molar-refractivity contribution in [2.75, 3.05) is 32.7 Å². The number of carbonyl (C=O) groups excluding carboxylic acids is 2. The SMILES string of the molecule is COCCCNC(=O)c1ccccc1NC(=O)C(C)Oc1ccc(OC)cc1. The first-order valence-electron chi connectivity index (χ1n) is 9.03. The molecule has 0 saturated heterocycles.